The van der Waals surface area contributed by atoms with Crippen molar-refractivity contribution in [1.82, 2.24) is 0 Å². The van der Waals surface area contributed by atoms with Gasteiger partial charge in [-0.2, -0.15) is 6.42 Å². The predicted molar refractivity (Wildman–Crippen MR) is 353 cm³/mol. The summed E-state index contributed by atoms with van der Waals surface area (Å²) in [5.74, 6) is -36.0. The van der Waals surface area contributed by atoms with Crippen LogP contribution in [-0.2, 0) is 18.4 Å². The Kier molecular flexibility index (Phi) is 32.4. The van der Waals surface area contributed by atoms with E-state index in [4.69, 9.17) is 26.5 Å². The van der Waals surface area contributed by atoms with Crippen molar-refractivity contribution >= 4 is 130 Å². The molecule has 97 heavy (non-hydrogen) atoms. The molecule has 0 bridgehead atoms. The van der Waals surface area contributed by atoms with Crippen LogP contribution >= 0.6 is 80.6 Å². The summed E-state index contributed by atoms with van der Waals surface area (Å²) in [6, 6.07) is 46.9. The molecule has 10 aromatic carbocycles. The Bertz CT molecular complexity index is 4050. The Morgan fingerprint density at radius 3 is 0.732 bits per heavy atom. The van der Waals surface area contributed by atoms with Crippen molar-refractivity contribution in [2.45, 2.75) is 19.8 Å². The van der Waals surface area contributed by atoms with Crippen molar-refractivity contribution in [1.29, 1.82) is 0 Å². The van der Waals surface area contributed by atoms with E-state index < -0.39 is 163 Å². The van der Waals surface area contributed by atoms with Gasteiger partial charge >= 0.3 is 55.1 Å². The van der Waals surface area contributed by atoms with E-state index in [1.54, 1.807) is 0 Å². The van der Waals surface area contributed by atoms with Gasteiger partial charge in [0.1, 0.15) is 0 Å². The van der Waals surface area contributed by atoms with Crippen molar-refractivity contribution in [3.63, 3.8) is 0 Å². The van der Waals surface area contributed by atoms with E-state index in [9.17, 15) is 53.0 Å². The molecule has 0 radical (unpaired) electrons. The first kappa shape index (κ1) is 83.6. The van der Waals surface area contributed by atoms with Gasteiger partial charge in [0.05, 0.1) is 49.1 Å². The minimum atomic E-state index is -4.76. The largest absolute Gasteiger partial charge is 1.00 e. The summed E-state index contributed by atoms with van der Waals surface area (Å²) in [5.41, 5.74) is -8.07. The van der Waals surface area contributed by atoms with Gasteiger partial charge in [-0.3, -0.25) is 10.5 Å². The second-order valence-corrected chi connectivity index (χ2v) is 32.1. The second kappa shape index (κ2) is 37.6. The van der Waals surface area contributed by atoms with Crippen LogP contribution in [0.3, 0.4) is 0 Å². The Morgan fingerprint density at radius 2 is 0.567 bits per heavy atom. The van der Waals surface area contributed by atoms with Crippen LogP contribution < -0.4 is 61.3 Å². The van der Waals surface area contributed by atoms with Gasteiger partial charge in [0.2, 0.25) is 0 Å². The fourth-order valence-electron chi connectivity index (χ4n) is 8.51. The zero-order valence-electron chi connectivity index (χ0n) is 49.5. The number of hydrogen-bond acceptors (Lipinski definition) is 6. The van der Waals surface area contributed by atoms with Crippen molar-refractivity contribution in [3.8, 4) is 22.3 Å². The van der Waals surface area contributed by atoms with Crippen molar-refractivity contribution in [2.24, 2.45) is 0 Å². The molecule has 0 heterocycles. The van der Waals surface area contributed by atoms with E-state index in [0.717, 1.165) is 6.42 Å². The standard InChI is InChI=1S/C36H20F8O2P2.C12Br2F8.C12H10ClP.C4H9.BFH2O2P2.Li.H2O2/c37-27-25(28(38)32(42)35(31(27)41)47(45,21-13-5-1-6-14-21)22-15-7-2-8-16-22)26-29(39)33(43)36(34(44)30(26)40)48(46,23-17-9-3-10-18-23)24-19-11-4-12-20-24;13-3-9(19)5(15)1(6(16)10(3)20)2-7(17)11(21)4(14)12(22)8(2)18;13-14(11-7-3-1-4-8-11)12-9-5-2-6-10-12;1-3-4-2;2-6(4,5)1-3;;1-2/h1-20H;;1-10H;1,3-4H2,2H3;5H2;;1-2H/q;;;-1;;+1;. The molecule has 33 heteroatoms. The molecular weight excluding hydrogens is 1560 g/mol. The zero-order chi connectivity index (χ0) is 71.7. The molecule has 0 aliphatic carbocycles. The van der Waals surface area contributed by atoms with Gasteiger partial charge < -0.3 is 16.1 Å². The molecule has 6 nitrogen and oxygen atoms in total. The van der Waals surface area contributed by atoms with Crippen LogP contribution in [0.25, 0.3) is 22.3 Å². The van der Waals surface area contributed by atoms with Crippen LogP contribution in [0.4, 0.5) is 74.4 Å². The summed E-state index contributed by atoms with van der Waals surface area (Å²) in [5, 5.41) is 10.3. The average Bonchev–Trinajstić information content (AvgIpc) is 0.724. The van der Waals surface area contributed by atoms with Crippen molar-refractivity contribution in [2.75, 3.05) is 0 Å². The summed E-state index contributed by atoms with van der Waals surface area (Å²) < 4.78 is 293. The van der Waals surface area contributed by atoms with Crippen LogP contribution in [0.2, 0.25) is 0 Å². The van der Waals surface area contributed by atoms with Gasteiger partial charge in [-0.25, -0.2) is 70.2 Å². The summed E-state index contributed by atoms with van der Waals surface area (Å²) in [6.07, 6.45) is 2.28. The summed E-state index contributed by atoms with van der Waals surface area (Å²) in [7, 11) is -12.8. The van der Waals surface area contributed by atoms with Crippen LogP contribution in [0, 0.1) is 100.0 Å². The summed E-state index contributed by atoms with van der Waals surface area (Å²) in [4.78, 5) is 0. The first-order valence-electron chi connectivity index (χ1n) is 26.7. The van der Waals surface area contributed by atoms with E-state index >= 15 is 35.1 Å². The smallest absolute Gasteiger partial charge is 0.343 e. The Morgan fingerprint density at radius 1 is 0.402 bits per heavy atom. The topological polar surface area (TPSA) is 109 Å². The Labute approximate surface area is 581 Å². The summed E-state index contributed by atoms with van der Waals surface area (Å²) in [6.45, 7) is 5.51. The van der Waals surface area contributed by atoms with Crippen LogP contribution in [0.15, 0.2) is 191 Å². The molecule has 0 amide bonds. The Balaban J connectivity index is 0.000000333. The van der Waals surface area contributed by atoms with Gasteiger partial charge in [-0.15, -0.1) is 0 Å². The van der Waals surface area contributed by atoms with E-state index in [1.165, 1.54) is 147 Å². The number of unbranched alkanes of at least 4 members (excludes halogenated alkanes) is 1. The quantitative estimate of drug-likeness (QED) is 0.0184. The molecule has 0 saturated carbocycles. The van der Waals surface area contributed by atoms with Crippen LogP contribution in [-0.4, -0.2) is 17.4 Å². The first-order chi connectivity index (χ1) is 45.4. The maximum atomic E-state index is 16.0. The van der Waals surface area contributed by atoms with Gasteiger partial charge in [0, 0.05) is 21.2 Å². The zero-order valence-corrected chi connectivity index (χ0v) is 58.1. The third kappa shape index (κ3) is 18.6. The third-order valence-corrected chi connectivity index (χ3v) is 23.8. The Hall–Kier alpha value is -5.81. The second-order valence-electron chi connectivity index (χ2n) is 18.9. The molecular formula is C64H43BBr2ClF17LiO6P5. The molecule has 0 aliphatic heterocycles. The van der Waals surface area contributed by atoms with Crippen LogP contribution in [0.1, 0.15) is 19.8 Å². The van der Waals surface area contributed by atoms with E-state index in [-0.39, 0.29) is 46.9 Å². The van der Waals surface area contributed by atoms with Gasteiger partial charge in [-0.1, -0.05) is 207 Å². The molecule has 2 unspecified atom stereocenters. The van der Waals surface area contributed by atoms with Crippen molar-refractivity contribution in [3.05, 3.63) is 291 Å². The fourth-order valence-corrected chi connectivity index (χ4v) is 16.5. The number of halogens is 20. The number of benzene rings is 10. The molecule has 2 atom stereocenters. The molecule has 2 N–H and O–H groups in total. The normalized spacial score (nSPS) is 11.4. The molecule has 0 fully saturated rings. The molecule has 0 aromatic heterocycles. The van der Waals surface area contributed by atoms with E-state index in [2.05, 4.69) is 70.0 Å². The van der Waals surface area contributed by atoms with Gasteiger partial charge in [0.15, 0.2) is 107 Å². The molecule has 0 saturated heterocycles. The predicted octanol–water partition coefficient (Wildman–Crippen LogP) is 16.6. The minimum absolute atomic E-state index is 0. The molecule has 10 aromatic rings. The maximum Gasteiger partial charge on any atom is 1.00 e. The van der Waals surface area contributed by atoms with Crippen molar-refractivity contribution < 1.29 is 122 Å². The molecule has 0 aliphatic rings. The fraction of sp³-hybridized carbons (Fsp3) is 0.0469. The summed E-state index contributed by atoms with van der Waals surface area (Å²) >= 11 is 10.8. The average molecular weight is 1600 g/mol. The minimum Gasteiger partial charge on any atom is -0.343 e. The molecule has 504 valence electrons. The molecule has 10 rings (SSSR count). The van der Waals surface area contributed by atoms with Crippen LogP contribution in [0.5, 0.6) is 0 Å². The number of hydrogen-bond donors (Lipinski definition) is 2. The number of rotatable bonds is 12. The third-order valence-electron chi connectivity index (χ3n) is 13.0. The maximum absolute atomic E-state index is 16.0. The van der Waals surface area contributed by atoms with Gasteiger partial charge in [-0.05, 0) is 42.5 Å². The van der Waals surface area contributed by atoms with E-state index in [1.807, 2.05) is 36.4 Å². The van der Waals surface area contributed by atoms with Gasteiger partial charge in [0.25, 0.3) is 0 Å². The monoisotopic (exact) mass is 1600 g/mol. The van der Waals surface area contributed by atoms with E-state index in [0.29, 0.717) is 0 Å². The first-order valence-corrected chi connectivity index (χ1v) is 37.2. The SMILES string of the molecule is ClP(c1ccccc1)c1ccccc1.Fc1c(F)c(-c2c(F)c(F)c(Br)c(F)c2F)c(F)c(F)c1Br.O=BP(=O)(F)P.O=P(c1ccccc1)(c1ccccc1)c1c(F)c(F)c(-c2c(F)c(F)c(P(=O)(c3ccccc3)c3ccccc3)c(F)c2F)c(F)c1F.OO.[CH2-]CCC.[Li+]. The molecule has 0 spiro atoms.